The van der Waals surface area contributed by atoms with Crippen molar-refractivity contribution in [3.63, 3.8) is 0 Å². The molecule has 0 aliphatic heterocycles. The van der Waals surface area contributed by atoms with Crippen molar-refractivity contribution >= 4 is 17.4 Å². The zero-order valence-electron chi connectivity index (χ0n) is 10.8. The van der Waals surface area contributed by atoms with Gasteiger partial charge in [-0.15, -0.1) is 0 Å². The zero-order valence-corrected chi connectivity index (χ0v) is 10.8. The molecule has 3 heteroatoms. The fraction of sp³-hybridized carbons (Fsp3) is 0.0588. The normalized spacial score (nSPS) is 10.4. The lowest BCUT2D eigenvalue weighted by Crippen LogP contribution is -1.96. The smallest absolute Gasteiger partial charge is 0.293 e. The van der Waals surface area contributed by atoms with Gasteiger partial charge in [0.2, 0.25) is 0 Å². The second-order valence-electron chi connectivity index (χ2n) is 4.45. The van der Waals surface area contributed by atoms with Crippen LogP contribution in [0.25, 0.3) is 22.0 Å². The molecule has 0 aliphatic carbocycles. The molecule has 0 spiro atoms. The summed E-state index contributed by atoms with van der Waals surface area (Å²) in [5, 5.41) is 1.09. The van der Waals surface area contributed by atoms with Crippen molar-refractivity contribution in [3.05, 3.63) is 66.4 Å². The van der Waals surface area contributed by atoms with Gasteiger partial charge in [0.25, 0.3) is 6.47 Å². The summed E-state index contributed by atoms with van der Waals surface area (Å²) in [4.78, 5) is 14.9. The summed E-state index contributed by atoms with van der Waals surface area (Å²) in [6.07, 6.45) is 0. The monoisotopic (exact) mass is 263 g/mol. The van der Waals surface area contributed by atoms with Gasteiger partial charge in [-0.2, -0.15) is 0 Å². The van der Waals surface area contributed by atoms with Crippen LogP contribution in [-0.2, 0) is 16.1 Å². The van der Waals surface area contributed by atoms with Crippen LogP contribution in [-0.4, -0.2) is 11.5 Å². The van der Waals surface area contributed by atoms with Gasteiger partial charge in [0.05, 0.1) is 11.2 Å². The van der Waals surface area contributed by atoms with Crippen molar-refractivity contribution in [2.75, 3.05) is 0 Å². The Morgan fingerprint density at radius 2 is 1.75 bits per heavy atom. The van der Waals surface area contributed by atoms with E-state index in [1.165, 1.54) is 0 Å². The van der Waals surface area contributed by atoms with E-state index >= 15 is 0 Å². The second kappa shape index (κ2) is 5.53. The van der Waals surface area contributed by atoms with Gasteiger partial charge >= 0.3 is 0 Å². The van der Waals surface area contributed by atoms with Gasteiger partial charge in [-0.25, -0.2) is 4.98 Å². The molecule has 3 aromatic rings. The Morgan fingerprint density at radius 3 is 2.55 bits per heavy atom. The Hall–Kier alpha value is -2.68. The predicted molar refractivity (Wildman–Crippen MR) is 78.0 cm³/mol. The minimum atomic E-state index is 0.189. The van der Waals surface area contributed by atoms with Crippen LogP contribution in [0.15, 0.2) is 60.7 Å². The van der Waals surface area contributed by atoms with Gasteiger partial charge in [-0.3, -0.25) is 4.79 Å². The number of hydrogen-bond acceptors (Lipinski definition) is 3. The summed E-state index contributed by atoms with van der Waals surface area (Å²) in [6, 6.07) is 20.1. The molecule has 0 saturated heterocycles. The molecule has 2 aromatic carbocycles. The van der Waals surface area contributed by atoms with Crippen molar-refractivity contribution in [1.82, 2.24) is 4.98 Å². The van der Waals surface area contributed by atoms with E-state index in [-0.39, 0.29) is 6.61 Å². The van der Waals surface area contributed by atoms with Crippen LogP contribution in [0, 0.1) is 0 Å². The third-order valence-electron chi connectivity index (χ3n) is 3.15. The fourth-order valence-electron chi connectivity index (χ4n) is 2.28. The first kappa shape index (κ1) is 12.4. The SMILES string of the molecule is O=COCc1cc(-c2ccccc2)c2ccccc2n1. The first-order valence-corrected chi connectivity index (χ1v) is 6.38. The van der Waals surface area contributed by atoms with Gasteiger partial charge in [-0.1, -0.05) is 48.5 Å². The number of carbonyl (C=O) groups excluding carboxylic acids is 1. The lowest BCUT2D eigenvalue weighted by molar-refractivity contribution is -0.129. The van der Waals surface area contributed by atoms with Gasteiger partial charge in [0, 0.05) is 5.39 Å². The first-order chi connectivity index (χ1) is 9.88. The maximum absolute atomic E-state index is 10.3. The van der Waals surface area contributed by atoms with Crippen molar-refractivity contribution in [2.24, 2.45) is 0 Å². The topological polar surface area (TPSA) is 39.2 Å². The van der Waals surface area contributed by atoms with Crippen LogP contribution < -0.4 is 0 Å². The van der Waals surface area contributed by atoms with Gasteiger partial charge < -0.3 is 4.74 Å². The highest BCUT2D eigenvalue weighted by Crippen LogP contribution is 2.28. The lowest BCUT2D eigenvalue weighted by atomic mass is 10.0. The summed E-state index contributed by atoms with van der Waals surface area (Å²) >= 11 is 0. The van der Waals surface area contributed by atoms with E-state index in [0.29, 0.717) is 6.47 Å². The summed E-state index contributed by atoms with van der Waals surface area (Å²) in [5.41, 5.74) is 3.87. The molecule has 0 atom stereocenters. The van der Waals surface area contributed by atoms with Crippen LogP contribution in [0.2, 0.25) is 0 Å². The molecule has 0 aliphatic rings. The van der Waals surface area contributed by atoms with E-state index in [1.807, 2.05) is 42.5 Å². The molecule has 0 amide bonds. The molecule has 20 heavy (non-hydrogen) atoms. The molecule has 0 bridgehead atoms. The maximum atomic E-state index is 10.3. The van der Waals surface area contributed by atoms with E-state index in [4.69, 9.17) is 4.74 Å². The lowest BCUT2D eigenvalue weighted by Gasteiger charge is -2.09. The fourth-order valence-corrected chi connectivity index (χ4v) is 2.28. The van der Waals surface area contributed by atoms with Crippen molar-refractivity contribution in [3.8, 4) is 11.1 Å². The highest BCUT2D eigenvalue weighted by atomic mass is 16.5. The number of pyridine rings is 1. The molecule has 1 heterocycles. The number of ether oxygens (including phenoxy) is 1. The number of hydrogen-bond donors (Lipinski definition) is 0. The molecule has 1 aromatic heterocycles. The molecular weight excluding hydrogens is 250 g/mol. The maximum Gasteiger partial charge on any atom is 0.293 e. The van der Waals surface area contributed by atoms with Crippen LogP contribution in [0.5, 0.6) is 0 Å². The van der Waals surface area contributed by atoms with Crippen molar-refractivity contribution in [1.29, 1.82) is 0 Å². The molecule has 0 fully saturated rings. The number of aromatic nitrogens is 1. The Labute approximate surface area is 116 Å². The van der Waals surface area contributed by atoms with Crippen LogP contribution in [0.1, 0.15) is 5.69 Å². The molecule has 0 N–H and O–H groups in total. The zero-order chi connectivity index (χ0) is 13.8. The first-order valence-electron chi connectivity index (χ1n) is 6.38. The van der Waals surface area contributed by atoms with E-state index < -0.39 is 0 Å². The molecule has 3 rings (SSSR count). The predicted octanol–water partition coefficient (Wildman–Crippen LogP) is 3.57. The summed E-state index contributed by atoms with van der Waals surface area (Å²) in [5.74, 6) is 0. The minimum absolute atomic E-state index is 0.189. The number of rotatable bonds is 4. The van der Waals surface area contributed by atoms with E-state index in [1.54, 1.807) is 0 Å². The quantitative estimate of drug-likeness (QED) is 0.675. The number of carbonyl (C=O) groups is 1. The molecule has 98 valence electrons. The summed E-state index contributed by atoms with van der Waals surface area (Å²) in [6.45, 7) is 0.632. The van der Waals surface area contributed by atoms with Gasteiger partial charge in [0.15, 0.2) is 0 Å². The third-order valence-corrected chi connectivity index (χ3v) is 3.15. The molecule has 0 radical (unpaired) electrons. The molecule has 0 unspecified atom stereocenters. The Bertz CT molecular complexity index is 738. The Kier molecular flexibility index (Phi) is 3.42. The largest absolute Gasteiger partial charge is 0.461 e. The summed E-state index contributed by atoms with van der Waals surface area (Å²) in [7, 11) is 0. The minimum Gasteiger partial charge on any atom is -0.461 e. The number of nitrogens with zero attached hydrogens (tertiary/aromatic N) is 1. The molecule has 0 saturated carbocycles. The van der Waals surface area contributed by atoms with Crippen LogP contribution in [0.4, 0.5) is 0 Å². The Morgan fingerprint density at radius 1 is 1.00 bits per heavy atom. The van der Waals surface area contributed by atoms with Crippen molar-refractivity contribution < 1.29 is 9.53 Å². The van der Waals surface area contributed by atoms with E-state index in [0.717, 1.165) is 27.7 Å². The molecule has 3 nitrogen and oxygen atoms in total. The van der Waals surface area contributed by atoms with Crippen molar-refractivity contribution in [2.45, 2.75) is 6.61 Å². The van der Waals surface area contributed by atoms with Gasteiger partial charge in [-0.05, 0) is 23.3 Å². The highest BCUT2D eigenvalue weighted by Gasteiger charge is 2.07. The summed E-state index contributed by atoms with van der Waals surface area (Å²) < 4.78 is 4.82. The molecular formula is C17H13NO2. The van der Waals surface area contributed by atoms with E-state index in [9.17, 15) is 4.79 Å². The third kappa shape index (κ3) is 2.38. The van der Waals surface area contributed by atoms with E-state index in [2.05, 4.69) is 23.2 Å². The number of para-hydroxylation sites is 1. The number of benzene rings is 2. The van der Waals surface area contributed by atoms with Crippen LogP contribution >= 0.6 is 0 Å². The average Bonchev–Trinajstić information content (AvgIpc) is 2.53. The van der Waals surface area contributed by atoms with Crippen LogP contribution in [0.3, 0.4) is 0 Å². The number of fused-ring (bicyclic) bond motifs is 1. The Balaban J connectivity index is 2.20. The van der Waals surface area contributed by atoms with Gasteiger partial charge in [0.1, 0.15) is 6.61 Å². The standard InChI is InChI=1S/C17H13NO2/c19-12-20-11-14-10-16(13-6-2-1-3-7-13)15-8-4-5-9-17(15)18-14/h1-10,12H,11H2. The second-order valence-corrected chi connectivity index (χ2v) is 4.45. The average molecular weight is 263 g/mol. The highest BCUT2D eigenvalue weighted by molar-refractivity contribution is 5.94.